The van der Waals surface area contributed by atoms with Crippen LogP contribution in [0.4, 0.5) is 8.78 Å². The Bertz CT molecular complexity index is 427. The van der Waals surface area contributed by atoms with Crippen LogP contribution in [0.5, 0.6) is 0 Å². The second kappa shape index (κ2) is 6.76. The standard InChI is InChI=1S/C10H9F2I2NO2/c1-2-17-7(16)4-5-3-6(13)8(9(11)12)15-10(5)14/h3,9H,2,4H2,1H3. The number of carbonyl (C=O) groups is 1. The Hall–Kier alpha value is -0.0600. The summed E-state index contributed by atoms with van der Waals surface area (Å²) >= 11 is 3.63. The Morgan fingerprint density at radius 2 is 2.18 bits per heavy atom. The predicted octanol–water partition coefficient (Wildman–Crippen LogP) is 3.33. The maximum Gasteiger partial charge on any atom is 0.310 e. The monoisotopic (exact) mass is 467 g/mol. The van der Waals surface area contributed by atoms with Crippen molar-refractivity contribution < 1.29 is 18.3 Å². The second-order valence-electron chi connectivity index (χ2n) is 3.09. The molecule has 0 aliphatic heterocycles. The van der Waals surface area contributed by atoms with Gasteiger partial charge in [-0.15, -0.1) is 0 Å². The molecular weight excluding hydrogens is 458 g/mol. The molecule has 1 heterocycles. The summed E-state index contributed by atoms with van der Waals surface area (Å²) < 4.78 is 30.7. The zero-order valence-electron chi connectivity index (χ0n) is 8.84. The van der Waals surface area contributed by atoms with E-state index >= 15 is 0 Å². The normalized spacial score (nSPS) is 10.7. The third-order valence-corrected chi connectivity index (χ3v) is 3.67. The fourth-order valence-electron chi connectivity index (χ4n) is 1.16. The van der Waals surface area contributed by atoms with Crippen LogP contribution in [0.1, 0.15) is 24.6 Å². The van der Waals surface area contributed by atoms with Gasteiger partial charge >= 0.3 is 5.97 Å². The average Bonchev–Trinajstić information content (AvgIpc) is 2.22. The first-order valence-electron chi connectivity index (χ1n) is 4.74. The fraction of sp³-hybridized carbons (Fsp3) is 0.400. The smallest absolute Gasteiger partial charge is 0.310 e. The highest BCUT2D eigenvalue weighted by Gasteiger charge is 2.17. The van der Waals surface area contributed by atoms with Gasteiger partial charge in [0.05, 0.1) is 13.0 Å². The van der Waals surface area contributed by atoms with Crippen molar-refractivity contribution in [3.05, 3.63) is 24.6 Å². The van der Waals surface area contributed by atoms with Gasteiger partial charge in [-0.3, -0.25) is 4.79 Å². The minimum atomic E-state index is -2.60. The molecule has 17 heavy (non-hydrogen) atoms. The molecule has 0 aliphatic carbocycles. The molecule has 0 spiro atoms. The van der Waals surface area contributed by atoms with Gasteiger partial charge in [-0.25, -0.2) is 13.8 Å². The van der Waals surface area contributed by atoms with Gasteiger partial charge < -0.3 is 4.74 Å². The van der Waals surface area contributed by atoms with Crippen molar-refractivity contribution in [3.63, 3.8) is 0 Å². The topological polar surface area (TPSA) is 39.2 Å². The number of alkyl halides is 2. The van der Waals surface area contributed by atoms with Crippen LogP contribution in [0, 0.1) is 7.27 Å². The Morgan fingerprint density at radius 1 is 1.53 bits per heavy atom. The third-order valence-electron chi connectivity index (χ3n) is 1.88. The number of esters is 1. The quantitative estimate of drug-likeness (QED) is 0.388. The lowest BCUT2D eigenvalue weighted by molar-refractivity contribution is -0.142. The zero-order chi connectivity index (χ0) is 13.0. The van der Waals surface area contributed by atoms with Gasteiger partial charge in [0.25, 0.3) is 6.43 Å². The van der Waals surface area contributed by atoms with E-state index in [1.54, 1.807) is 35.6 Å². The van der Waals surface area contributed by atoms with Gasteiger partial charge in [0, 0.05) is 3.57 Å². The number of hydrogen-bond donors (Lipinski definition) is 0. The van der Waals surface area contributed by atoms with E-state index in [0.29, 0.717) is 19.4 Å². The highest BCUT2D eigenvalue weighted by atomic mass is 127. The van der Waals surface area contributed by atoms with E-state index in [2.05, 4.69) is 4.98 Å². The van der Waals surface area contributed by atoms with E-state index in [0.717, 1.165) is 0 Å². The molecule has 1 rings (SSSR count). The second-order valence-corrected chi connectivity index (χ2v) is 5.27. The van der Waals surface area contributed by atoms with Crippen molar-refractivity contribution in [2.45, 2.75) is 19.8 Å². The van der Waals surface area contributed by atoms with E-state index in [1.807, 2.05) is 22.6 Å². The van der Waals surface area contributed by atoms with E-state index in [4.69, 9.17) is 4.74 Å². The van der Waals surface area contributed by atoms with Gasteiger partial charge in [-0.05, 0) is 63.7 Å². The third kappa shape index (κ3) is 4.27. The predicted molar refractivity (Wildman–Crippen MR) is 75.0 cm³/mol. The molecule has 0 fully saturated rings. The number of carbonyl (C=O) groups excluding carboxylic acids is 1. The van der Waals surface area contributed by atoms with E-state index in [-0.39, 0.29) is 18.1 Å². The molecule has 0 radical (unpaired) electrons. The average molecular weight is 467 g/mol. The first-order valence-corrected chi connectivity index (χ1v) is 6.90. The Morgan fingerprint density at radius 3 is 2.71 bits per heavy atom. The zero-order valence-corrected chi connectivity index (χ0v) is 13.2. The first-order chi connectivity index (χ1) is 7.95. The van der Waals surface area contributed by atoms with E-state index in [9.17, 15) is 13.6 Å². The molecule has 0 unspecified atom stereocenters. The highest BCUT2D eigenvalue weighted by Crippen LogP contribution is 2.25. The van der Waals surface area contributed by atoms with Crippen LogP contribution in [0.25, 0.3) is 0 Å². The lowest BCUT2D eigenvalue weighted by atomic mass is 10.2. The molecule has 0 aromatic carbocycles. The number of ether oxygens (including phenoxy) is 1. The van der Waals surface area contributed by atoms with Crippen LogP contribution < -0.4 is 0 Å². The summed E-state index contributed by atoms with van der Waals surface area (Å²) in [4.78, 5) is 15.1. The Balaban J connectivity index is 2.95. The van der Waals surface area contributed by atoms with Crippen molar-refractivity contribution >= 4 is 51.2 Å². The molecule has 3 nitrogen and oxygen atoms in total. The molecular formula is C10H9F2I2NO2. The van der Waals surface area contributed by atoms with Crippen LogP contribution in [0.3, 0.4) is 0 Å². The largest absolute Gasteiger partial charge is 0.466 e. The molecule has 0 atom stereocenters. The van der Waals surface area contributed by atoms with Gasteiger partial charge in [-0.2, -0.15) is 0 Å². The number of rotatable bonds is 4. The summed E-state index contributed by atoms with van der Waals surface area (Å²) in [6, 6.07) is 1.55. The minimum absolute atomic E-state index is 0.0542. The molecule has 0 bridgehead atoms. The van der Waals surface area contributed by atoms with Gasteiger partial charge in [0.2, 0.25) is 0 Å². The molecule has 0 aliphatic rings. The molecule has 0 saturated heterocycles. The van der Waals surface area contributed by atoms with Crippen molar-refractivity contribution in [1.29, 1.82) is 0 Å². The van der Waals surface area contributed by atoms with Gasteiger partial charge in [-0.1, -0.05) is 0 Å². The summed E-state index contributed by atoms with van der Waals surface area (Å²) in [6.07, 6.45) is -2.55. The van der Waals surface area contributed by atoms with E-state index in [1.165, 1.54) is 0 Å². The highest BCUT2D eigenvalue weighted by molar-refractivity contribution is 14.1. The van der Waals surface area contributed by atoms with E-state index < -0.39 is 6.43 Å². The molecule has 0 saturated carbocycles. The van der Waals surface area contributed by atoms with Crippen molar-refractivity contribution in [3.8, 4) is 0 Å². The number of pyridine rings is 1. The number of hydrogen-bond acceptors (Lipinski definition) is 3. The Labute approximate surface area is 125 Å². The molecule has 0 N–H and O–H groups in total. The van der Waals surface area contributed by atoms with Crippen LogP contribution in [0.2, 0.25) is 0 Å². The van der Waals surface area contributed by atoms with Gasteiger partial charge in [0.1, 0.15) is 9.39 Å². The summed E-state index contributed by atoms with van der Waals surface area (Å²) in [5.41, 5.74) is 0.362. The summed E-state index contributed by atoms with van der Waals surface area (Å²) in [5, 5.41) is 0. The van der Waals surface area contributed by atoms with Crippen molar-refractivity contribution in [2.24, 2.45) is 0 Å². The number of nitrogens with zero attached hydrogens (tertiary/aromatic N) is 1. The van der Waals surface area contributed by atoms with Crippen molar-refractivity contribution in [2.75, 3.05) is 6.61 Å². The maximum absolute atomic E-state index is 12.6. The molecule has 94 valence electrons. The lowest BCUT2D eigenvalue weighted by Gasteiger charge is -2.08. The minimum Gasteiger partial charge on any atom is -0.466 e. The fourth-order valence-corrected chi connectivity index (χ4v) is 2.50. The van der Waals surface area contributed by atoms with Gasteiger partial charge in [0.15, 0.2) is 0 Å². The maximum atomic E-state index is 12.6. The molecule has 7 heteroatoms. The summed E-state index contributed by atoms with van der Waals surface area (Å²) in [5.74, 6) is -0.382. The molecule has 1 aromatic rings. The molecule has 0 amide bonds. The summed E-state index contributed by atoms with van der Waals surface area (Å²) in [7, 11) is 0. The van der Waals surface area contributed by atoms with Crippen LogP contribution in [-0.2, 0) is 16.0 Å². The SMILES string of the molecule is CCOC(=O)Cc1cc(I)c(C(F)F)nc1I. The van der Waals surface area contributed by atoms with Crippen LogP contribution in [-0.4, -0.2) is 17.6 Å². The van der Waals surface area contributed by atoms with Crippen LogP contribution >= 0.6 is 45.2 Å². The van der Waals surface area contributed by atoms with Crippen molar-refractivity contribution in [1.82, 2.24) is 4.98 Å². The first kappa shape index (κ1) is 15.0. The Kier molecular flexibility index (Phi) is 5.97. The molecule has 1 aromatic heterocycles. The number of aromatic nitrogens is 1. The van der Waals surface area contributed by atoms with Crippen LogP contribution in [0.15, 0.2) is 6.07 Å². The lowest BCUT2D eigenvalue weighted by Crippen LogP contribution is -2.10. The summed E-state index contributed by atoms with van der Waals surface area (Å²) in [6.45, 7) is 2.01. The number of halogens is 4.